The second-order valence-electron chi connectivity index (χ2n) is 5.90. The highest BCUT2D eigenvalue weighted by Gasteiger charge is 2.29. The minimum atomic E-state index is -0.266. The number of aromatic nitrogens is 1. The summed E-state index contributed by atoms with van der Waals surface area (Å²) in [7, 11) is 0. The fraction of sp³-hybridized carbons (Fsp3) is 0.786. The van der Waals surface area contributed by atoms with Crippen molar-refractivity contribution in [3.63, 3.8) is 0 Å². The van der Waals surface area contributed by atoms with E-state index in [0.717, 1.165) is 47.4 Å². The number of piperidine rings is 1. The molecule has 1 aliphatic heterocycles. The van der Waals surface area contributed by atoms with Gasteiger partial charge < -0.3 is 10.0 Å². The first kappa shape index (κ1) is 12.4. The lowest BCUT2D eigenvalue weighted by molar-refractivity contribution is 0.160. The first-order valence-electron chi connectivity index (χ1n) is 7.09. The largest absolute Gasteiger partial charge is 0.388 e. The van der Waals surface area contributed by atoms with Crippen LogP contribution in [0.15, 0.2) is 0 Å². The molecule has 3 unspecified atom stereocenters. The number of aliphatic hydroxyl groups is 1. The van der Waals surface area contributed by atoms with Gasteiger partial charge in [-0.2, -0.15) is 0 Å². The molecule has 0 bridgehead atoms. The lowest BCUT2D eigenvalue weighted by atomic mass is 9.96. The summed E-state index contributed by atoms with van der Waals surface area (Å²) in [6.07, 6.45) is 5.33. The van der Waals surface area contributed by atoms with Gasteiger partial charge in [-0.15, -0.1) is 0 Å². The van der Waals surface area contributed by atoms with Crippen molar-refractivity contribution in [3.05, 3.63) is 10.6 Å². The number of fused-ring (bicyclic) bond motifs is 1. The van der Waals surface area contributed by atoms with Crippen molar-refractivity contribution in [3.8, 4) is 0 Å². The number of anilines is 1. The van der Waals surface area contributed by atoms with Crippen molar-refractivity contribution < 1.29 is 5.11 Å². The van der Waals surface area contributed by atoms with Crippen LogP contribution in [-0.2, 0) is 6.42 Å². The maximum Gasteiger partial charge on any atom is 0.186 e. The van der Waals surface area contributed by atoms with Gasteiger partial charge in [-0.3, -0.25) is 0 Å². The molecule has 100 valence electrons. The molecule has 3 atom stereocenters. The van der Waals surface area contributed by atoms with Crippen LogP contribution in [0.1, 0.15) is 56.2 Å². The van der Waals surface area contributed by atoms with E-state index in [1.54, 1.807) is 11.3 Å². The number of hydrogen-bond donors (Lipinski definition) is 1. The van der Waals surface area contributed by atoms with E-state index >= 15 is 0 Å². The van der Waals surface area contributed by atoms with Crippen molar-refractivity contribution in [2.75, 3.05) is 11.4 Å². The third kappa shape index (κ3) is 2.16. The lowest BCUT2D eigenvalue weighted by Crippen LogP contribution is -2.41. The second kappa shape index (κ2) is 4.82. The van der Waals surface area contributed by atoms with E-state index in [2.05, 4.69) is 18.7 Å². The zero-order chi connectivity index (χ0) is 12.7. The van der Waals surface area contributed by atoms with Crippen LogP contribution in [0.3, 0.4) is 0 Å². The van der Waals surface area contributed by atoms with Crippen molar-refractivity contribution in [2.45, 2.75) is 58.1 Å². The summed E-state index contributed by atoms with van der Waals surface area (Å²) < 4.78 is 0. The number of hydrogen-bond acceptors (Lipinski definition) is 4. The number of rotatable bonds is 1. The predicted octanol–water partition coefficient (Wildman–Crippen LogP) is 3.14. The van der Waals surface area contributed by atoms with E-state index in [0.29, 0.717) is 6.04 Å². The average Bonchev–Trinajstić information content (AvgIpc) is 2.77. The molecule has 4 heteroatoms. The van der Waals surface area contributed by atoms with Crippen LogP contribution < -0.4 is 4.90 Å². The summed E-state index contributed by atoms with van der Waals surface area (Å²) in [5, 5.41) is 11.2. The van der Waals surface area contributed by atoms with Crippen molar-refractivity contribution in [2.24, 2.45) is 5.92 Å². The molecule has 2 aliphatic rings. The van der Waals surface area contributed by atoms with Crippen LogP contribution in [0.4, 0.5) is 5.13 Å². The van der Waals surface area contributed by atoms with Crippen molar-refractivity contribution in [1.29, 1.82) is 0 Å². The average molecular weight is 266 g/mol. The molecule has 0 saturated carbocycles. The topological polar surface area (TPSA) is 36.4 Å². The Kier molecular flexibility index (Phi) is 3.32. The van der Waals surface area contributed by atoms with E-state index in [1.807, 2.05) is 0 Å². The number of thiazole rings is 1. The number of nitrogens with zero attached hydrogens (tertiary/aromatic N) is 2. The molecule has 18 heavy (non-hydrogen) atoms. The fourth-order valence-corrected chi connectivity index (χ4v) is 4.31. The van der Waals surface area contributed by atoms with E-state index < -0.39 is 0 Å². The summed E-state index contributed by atoms with van der Waals surface area (Å²) >= 11 is 1.72. The predicted molar refractivity (Wildman–Crippen MR) is 75.2 cm³/mol. The molecule has 3 rings (SSSR count). The van der Waals surface area contributed by atoms with Crippen molar-refractivity contribution >= 4 is 16.5 Å². The van der Waals surface area contributed by atoms with E-state index in [9.17, 15) is 5.11 Å². The van der Waals surface area contributed by atoms with Gasteiger partial charge in [-0.1, -0.05) is 18.3 Å². The SMILES string of the molecule is CC1CCC(C)N(c2nc3c(s2)C(O)CCC3)C1. The Hall–Kier alpha value is -0.610. The van der Waals surface area contributed by atoms with Crippen LogP contribution in [0, 0.1) is 5.92 Å². The smallest absolute Gasteiger partial charge is 0.186 e. The summed E-state index contributed by atoms with van der Waals surface area (Å²) in [4.78, 5) is 8.37. The Balaban J connectivity index is 1.87. The summed E-state index contributed by atoms with van der Waals surface area (Å²) in [6, 6.07) is 0.589. The molecule has 1 aromatic rings. The van der Waals surface area contributed by atoms with Crippen LogP contribution in [0.5, 0.6) is 0 Å². The molecule has 2 heterocycles. The Morgan fingerprint density at radius 2 is 2.11 bits per heavy atom. The molecule has 0 spiro atoms. The van der Waals surface area contributed by atoms with Gasteiger partial charge in [0.25, 0.3) is 0 Å². The normalized spacial score (nSPS) is 32.4. The maximum atomic E-state index is 10.0. The molecule has 1 saturated heterocycles. The first-order chi connectivity index (χ1) is 8.65. The fourth-order valence-electron chi connectivity index (χ4n) is 3.06. The summed E-state index contributed by atoms with van der Waals surface area (Å²) in [5.41, 5.74) is 1.15. The molecule has 0 aromatic carbocycles. The van der Waals surface area contributed by atoms with Gasteiger partial charge in [0.2, 0.25) is 0 Å². The zero-order valence-corrected chi connectivity index (χ0v) is 12.0. The van der Waals surface area contributed by atoms with Gasteiger partial charge >= 0.3 is 0 Å². The second-order valence-corrected chi connectivity index (χ2v) is 6.91. The molecule has 1 aromatic heterocycles. The van der Waals surface area contributed by atoms with Crippen LogP contribution in [-0.4, -0.2) is 22.7 Å². The van der Waals surface area contributed by atoms with Gasteiger partial charge in [-0.25, -0.2) is 4.98 Å². The third-order valence-electron chi connectivity index (χ3n) is 4.27. The first-order valence-corrected chi connectivity index (χ1v) is 7.91. The quantitative estimate of drug-likeness (QED) is 0.848. The Labute approximate surface area is 113 Å². The molecular weight excluding hydrogens is 244 g/mol. The molecular formula is C14H22N2OS. The third-order valence-corrected chi connectivity index (χ3v) is 5.51. The molecule has 3 nitrogen and oxygen atoms in total. The Bertz CT molecular complexity index is 431. The molecule has 0 radical (unpaired) electrons. The Morgan fingerprint density at radius 1 is 1.28 bits per heavy atom. The minimum Gasteiger partial charge on any atom is -0.388 e. The van der Waals surface area contributed by atoms with Gasteiger partial charge in [0.1, 0.15) is 0 Å². The highest BCUT2D eigenvalue weighted by atomic mass is 32.1. The van der Waals surface area contributed by atoms with Crippen LogP contribution in [0.2, 0.25) is 0 Å². The van der Waals surface area contributed by atoms with Gasteiger partial charge in [-0.05, 0) is 44.9 Å². The molecule has 1 aliphatic carbocycles. The molecule has 0 amide bonds. The van der Waals surface area contributed by atoms with Crippen LogP contribution in [0.25, 0.3) is 0 Å². The van der Waals surface area contributed by atoms with Gasteiger partial charge in [0.05, 0.1) is 16.7 Å². The maximum absolute atomic E-state index is 10.0. The minimum absolute atomic E-state index is 0.266. The molecule has 1 fully saturated rings. The molecule has 1 N–H and O–H groups in total. The summed E-state index contributed by atoms with van der Waals surface area (Å²) in [6.45, 7) is 5.73. The van der Waals surface area contributed by atoms with E-state index in [1.165, 1.54) is 12.8 Å². The number of aliphatic hydroxyl groups excluding tert-OH is 1. The van der Waals surface area contributed by atoms with E-state index in [-0.39, 0.29) is 6.10 Å². The number of aryl methyl sites for hydroxylation is 1. The lowest BCUT2D eigenvalue weighted by Gasteiger charge is -2.36. The monoisotopic (exact) mass is 266 g/mol. The van der Waals surface area contributed by atoms with E-state index in [4.69, 9.17) is 4.98 Å². The Morgan fingerprint density at radius 3 is 2.89 bits per heavy atom. The van der Waals surface area contributed by atoms with Crippen molar-refractivity contribution in [1.82, 2.24) is 4.98 Å². The van der Waals surface area contributed by atoms with Gasteiger partial charge in [0.15, 0.2) is 5.13 Å². The zero-order valence-electron chi connectivity index (χ0n) is 11.2. The highest BCUT2D eigenvalue weighted by molar-refractivity contribution is 7.15. The van der Waals surface area contributed by atoms with Crippen LogP contribution >= 0.6 is 11.3 Å². The van der Waals surface area contributed by atoms with Gasteiger partial charge in [0, 0.05) is 12.6 Å². The highest BCUT2D eigenvalue weighted by Crippen LogP contribution is 2.39. The summed E-state index contributed by atoms with van der Waals surface area (Å²) in [5.74, 6) is 0.757. The standard InChI is InChI=1S/C14H22N2OS/c1-9-6-7-10(2)16(8-9)14-15-11-4-3-5-12(17)13(11)18-14/h9-10,12,17H,3-8H2,1-2H3.